The van der Waals surface area contributed by atoms with Crippen LogP contribution >= 0.6 is 0 Å². The smallest absolute Gasteiger partial charge is 0.224 e. The molecule has 0 aliphatic carbocycles. The highest BCUT2D eigenvalue weighted by atomic mass is 19.1. The van der Waals surface area contributed by atoms with E-state index in [1.165, 1.54) is 12.1 Å². The number of nitrogens with zero attached hydrogens (tertiary/aromatic N) is 3. The first-order chi connectivity index (χ1) is 11.4. The minimum absolute atomic E-state index is 0.000702. The lowest BCUT2D eigenvalue weighted by molar-refractivity contribution is -0.127. The number of halogens is 2. The minimum Gasteiger partial charge on any atom is -0.336 e. The fourth-order valence-electron chi connectivity index (χ4n) is 3.24. The van der Waals surface area contributed by atoms with Gasteiger partial charge >= 0.3 is 0 Å². The van der Waals surface area contributed by atoms with Crippen LogP contribution in [0.4, 0.5) is 8.78 Å². The molecule has 2 aromatic rings. The molecule has 1 fully saturated rings. The van der Waals surface area contributed by atoms with Gasteiger partial charge < -0.3 is 10.2 Å². The normalized spacial score (nSPS) is 20.9. The number of rotatable bonds is 4. The lowest BCUT2D eigenvalue weighted by atomic mass is 10.0. The predicted octanol–water partition coefficient (Wildman–Crippen LogP) is 2.07. The highest BCUT2D eigenvalue weighted by molar-refractivity contribution is 5.80. The molecule has 24 heavy (non-hydrogen) atoms. The SMILES string of the molecule is Cc1ccc(F)c(CN[C@@H]2CC(=O)N(C)[C@H]2c2ccnn2C)c1F. The summed E-state index contributed by atoms with van der Waals surface area (Å²) in [7, 11) is 3.54. The van der Waals surface area contributed by atoms with Crippen LogP contribution in [0.15, 0.2) is 24.4 Å². The van der Waals surface area contributed by atoms with Crippen LogP contribution in [0.3, 0.4) is 0 Å². The van der Waals surface area contributed by atoms with Gasteiger partial charge in [0.1, 0.15) is 11.6 Å². The average molecular weight is 334 g/mol. The van der Waals surface area contributed by atoms with Crippen LogP contribution in [0.5, 0.6) is 0 Å². The summed E-state index contributed by atoms with van der Waals surface area (Å²) in [6.45, 7) is 1.63. The van der Waals surface area contributed by atoms with Gasteiger partial charge in [-0.2, -0.15) is 5.10 Å². The van der Waals surface area contributed by atoms with Crippen molar-refractivity contribution in [3.63, 3.8) is 0 Å². The summed E-state index contributed by atoms with van der Waals surface area (Å²) < 4.78 is 29.8. The average Bonchev–Trinajstić information content (AvgIpc) is 3.07. The quantitative estimate of drug-likeness (QED) is 0.931. The lowest BCUT2D eigenvalue weighted by Crippen LogP contribution is -2.36. The topological polar surface area (TPSA) is 50.2 Å². The number of hydrogen-bond acceptors (Lipinski definition) is 3. The van der Waals surface area contributed by atoms with E-state index in [0.29, 0.717) is 5.56 Å². The van der Waals surface area contributed by atoms with Crippen LogP contribution in [0, 0.1) is 18.6 Å². The van der Waals surface area contributed by atoms with Crippen molar-refractivity contribution in [2.24, 2.45) is 7.05 Å². The van der Waals surface area contributed by atoms with Gasteiger partial charge in [-0.15, -0.1) is 0 Å². The molecule has 128 valence electrons. The maximum absolute atomic E-state index is 14.2. The predicted molar refractivity (Wildman–Crippen MR) is 85.1 cm³/mol. The van der Waals surface area contributed by atoms with Crippen LogP contribution in [0.25, 0.3) is 0 Å². The molecule has 3 rings (SSSR count). The van der Waals surface area contributed by atoms with Crippen molar-refractivity contribution in [1.82, 2.24) is 20.0 Å². The van der Waals surface area contributed by atoms with E-state index < -0.39 is 11.6 Å². The van der Waals surface area contributed by atoms with Gasteiger partial charge in [0, 0.05) is 44.9 Å². The van der Waals surface area contributed by atoms with E-state index >= 15 is 0 Å². The summed E-state index contributed by atoms with van der Waals surface area (Å²) in [6.07, 6.45) is 1.95. The highest BCUT2D eigenvalue weighted by Gasteiger charge is 2.39. The van der Waals surface area contributed by atoms with Crippen LogP contribution in [0.2, 0.25) is 0 Å². The van der Waals surface area contributed by atoms with Gasteiger partial charge in [-0.3, -0.25) is 9.48 Å². The summed E-state index contributed by atoms with van der Waals surface area (Å²) in [5.41, 5.74) is 1.28. The number of amides is 1. The summed E-state index contributed by atoms with van der Waals surface area (Å²) in [5.74, 6) is -1.14. The Bertz CT molecular complexity index is 774. The van der Waals surface area contributed by atoms with Gasteiger partial charge in [0.05, 0.1) is 11.7 Å². The van der Waals surface area contributed by atoms with Crippen molar-refractivity contribution in [3.8, 4) is 0 Å². The van der Waals surface area contributed by atoms with Crippen molar-refractivity contribution < 1.29 is 13.6 Å². The summed E-state index contributed by atoms with van der Waals surface area (Å²) in [5, 5.41) is 7.29. The largest absolute Gasteiger partial charge is 0.336 e. The first-order valence-corrected chi connectivity index (χ1v) is 7.80. The lowest BCUT2D eigenvalue weighted by Gasteiger charge is -2.26. The molecule has 0 bridgehead atoms. The molecule has 1 aliphatic heterocycles. The standard InChI is InChI=1S/C17H20F2N4O/c1-10-4-5-12(18)11(16(10)19)9-20-13-8-15(24)22(2)17(13)14-6-7-21-23(14)3/h4-7,13,17,20H,8-9H2,1-3H3/t13-,17-/m1/s1. The zero-order valence-corrected chi connectivity index (χ0v) is 13.9. The molecule has 0 saturated carbocycles. The van der Waals surface area contributed by atoms with Gasteiger partial charge in [-0.1, -0.05) is 6.07 Å². The molecular formula is C17H20F2N4O. The van der Waals surface area contributed by atoms with Crippen molar-refractivity contribution in [2.45, 2.75) is 32.0 Å². The zero-order chi connectivity index (χ0) is 17.4. The Morgan fingerprint density at radius 1 is 1.29 bits per heavy atom. The van der Waals surface area contributed by atoms with Crippen molar-refractivity contribution in [2.75, 3.05) is 7.05 Å². The number of hydrogen-bond donors (Lipinski definition) is 1. The Balaban J connectivity index is 1.83. The third-order valence-electron chi connectivity index (χ3n) is 4.67. The van der Waals surface area contributed by atoms with E-state index in [1.807, 2.05) is 13.1 Å². The molecule has 0 radical (unpaired) electrons. The maximum Gasteiger partial charge on any atom is 0.224 e. The van der Waals surface area contributed by atoms with E-state index in [4.69, 9.17) is 0 Å². The van der Waals surface area contributed by atoms with E-state index in [9.17, 15) is 13.6 Å². The maximum atomic E-state index is 14.2. The van der Waals surface area contributed by atoms with Crippen LogP contribution in [-0.4, -0.2) is 33.7 Å². The summed E-state index contributed by atoms with van der Waals surface area (Å²) in [6, 6.07) is 4.07. The fraction of sp³-hybridized carbons (Fsp3) is 0.412. The van der Waals surface area contributed by atoms with E-state index in [0.717, 1.165) is 5.69 Å². The van der Waals surface area contributed by atoms with Gasteiger partial charge in [-0.05, 0) is 24.6 Å². The number of benzene rings is 1. The Labute approximate surface area is 139 Å². The number of carbonyl (C=O) groups is 1. The van der Waals surface area contributed by atoms with Crippen LogP contribution in [0.1, 0.15) is 29.3 Å². The molecule has 0 spiro atoms. The molecule has 1 aromatic carbocycles. The molecule has 0 unspecified atom stereocenters. The van der Waals surface area contributed by atoms with Crippen LogP contribution < -0.4 is 5.32 Å². The Morgan fingerprint density at radius 2 is 2.04 bits per heavy atom. The highest BCUT2D eigenvalue weighted by Crippen LogP contribution is 2.32. The summed E-state index contributed by atoms with van der Waals surface area (Å²) in [4.78, 5) is 13.8. The second-order valence-corrected chi connectivity index (χ2v) is 6.18. The third-order valence-corrected chi connectivity index (χ3v) is 4.67. The second kappa shape index (κ2) is 6.32. The monoisotopic (exact) mass is 334 g/mol. The Kier molecular flexibility index (Phi) is 4.36. The molecule has 1 amide bonds. The zero-order valence-electron chi connectivity index (χ0n) is 13.9. The van der Waals surface area contributed by atoms with E-state index in [1.54, 1.807) is 29.7 Å². The van der Waals surface area contributed by atoms with Gasteiger partial charge in [0.15, 0.2) is 0 Å². The van der Waals surface area contributed by atoms with E-state index in [-0.39, 0.29) is 36.5 Å². The number of nitrogens with one attached hydrogen (secondary N) is 1. The Morgan fingerprint density at radius 3 is 2.71 bits per heavy atom. The molecule has 1 N–H and O–H groups in total. The first kappa shape index (κ1) is 16.6. The summed E-state index contributed by atoms with van der Waals surface area (Å²) >= 11 is 0. The first-order valence-electron chi connectivity index (χ1n) is 7.80. The number of aryl methyl sites for hydroxylation is 2. The van der Waals surface area contributed by atoms with Crippen LogP contribution in [-0.2, 0) is 18.4 Å². The molecule has 2 heterocycles. The molecule has 5 nitrogen and oxygen atoms in total. The third kappa shape index (κ3) is 2.80. The van der Waals surface area contributed by atoms with Crippen molar-refractivity contribution in [3.05, 3.63) is 52.9 Å². The Hall–Kier alpha value is -2.28. The molecule has 1 aliphatic rings. The molecule has 1 saturated heterocycles. The molecule has 2 atom stereocenters. The van der Waals surface area contributed by atoms with Crippen molar-refractivity contribution in [1.29, 1.82) is 0 Å². The van der Waals surface area contributed by atoms with Crippen molar-refractivity contribution >= 4 is 5.91 Å². The number of likely N-dealkylation sites (N-methyl/N-ethyl adjacent to an activating group) is 1. The molecular weight excluding hydrogens is 314 g/mol. The number of aromatic nitrogens is 2. The van der Waals surface area contributed by atoms with Gasteiger partial charge in [-0.25, -0.2) is 8.78 Å². The number of carbonyl (C=O) groups excluding carboxylic acids is 1. The van der Waals surface area contributed by atoms with E-state index in [2.05, 4.69) is 10.4 Å². The second-order valence-electron chi connectivity index (χ2n) is 6.18. The number of likely N-dealkylation sites (tertiary alicyclic amines) is 1. The van der Waals surface area contributed by atoms with Gasteiger partial charge in [0.2, 0.25) is 5.91 Å². The molecule has 1 aromatic heterocycles. The fourth-order valence-corrected chi connectivity index (χ4v) is 3.24. The van der Waals surface area contributed by atoms with Gasteiger partial charge in [0.25, 0.3) is 0 Å². The minimum atomic E-state index is -0.583. The molecule has 7 heteroatoms.